The second-order valence-corrected chi connectivity index (χ2v) is 8.18. The number of carbonyl (C=O) groups excluding carboxylic acids is 1. The third-order valence-corrected chi connectivity index (χ3v) is 6.41. The number of nitrogens with zero attached hydrogens (tertiary/aromatic N) is 5. The molecule has 0 unspecified atom stereocenters. The third kappa shape index (κ3) is 5.05. The second kappa shape index (κ2) is 9.82. The fourth-order valence-electron chi connectivity index (χ4n) is 4.30. The van der Waals surface area contributed by atoms with Gasteiger partial charge in [-0.2, -0.15) is 0 Å². The first kappa shape index (κ1) is 20.5. The lowest BCUT2D eigenvalue weighted by atomic mass is 9.91. The first-order valence-electron chi connectivity index (χ1n) is 10.9. The van der Waals surface area contributed by atoms with E-state index in [1.54, 1.807) is 7.11 Å². The van der Waals surface area contributed by atoms with Gasteiger partial charge in [-0.05, 0) is 24.8 Å². The summed E-state index contributed by atoms with van der Waals surface area (Å²) in [4.78, 5) is 28.8. The summed E-state index contributed by atoms with van der Waals surface area (Å²) in [5.41, 5.74) is 2.25. The lowest BCUT2D eigenvalue weighted by Gasteiger charge is -2.43. The minimum absolute atomic E-state index is 0.0363. The Kier molecular flexibility index (Phi) is 6.94. The van der Waals surface area contributed by atoms with Crippen molar-refractivity contribution in [2.45, 2.75) is 38.1 Å². The molecule has 8 nitrogen and oxygen atoms in total. The number of hydrogen-bond acceptors (Lipinski definition) is 7. The Labute approximate surface area is 173 Å². The molecule has 0 aromatic carbocycles. The lowest BCUT2D eigenvalue weighted by Crippen LogP contribution is -2.52. The Morgan fingerprint density at radius 3 is 2.62 bits per heavy atom. The van der Waals surface area contributed by atoms with Gasteiger partial charge in [0.25, 0.3) is 0 Å². The molecule has 29 heavy (non-hydrogen) atoms. The number of amides is 1. The van der Waals surface area contributed by atoms with E-state index in [9.17, 15) is 4.79 Å². The molecule has 1 aliphatic carbocycles. The van der Waals surface area contributed by atoms with Crippen LogP contribution in [-0.4, -0.2) is 97.9 Å². The number of aromatic nitrogens is 2. The van der Waals surface area contributed by atoms with Crippen LogP contribution in [0.3, 0.4) is 0 Å². The summed E-state index contributed by atoms with van der Waals surface area (Å²) in [6.45, 7) is 6.66. The van der Waals surface area contributed by atoms with Gasteiger partial charge in [-0.25, -0.2) is 9.97 Å². The Bertz CT molecular complexity index is 689. The van der Waals surface area contributed by atoms with Crippen molar-refractivity contribution in [3.63, 3.8) is 0 Å². The van der Waals surface area contributed by atoms with Crippen molar-refractivity contribution in [3.05, 3.63) is 17.5 Å². The van der Waals surface area contributed by atoms with Gasteiger partial charge in [0, 0.05) is 65.0 Å². The molecular weight excluding hydrogens is 370 g/mol. The molecular formula is C21H33N5O3. The predicted molar refractivity (Wildman–Crippen MR) is 110 cm³/mol. The molecule has 1 saturated heterocycles. The molecule has 2 fully saturated rings. The van der Waals surface area contributed by atoms with Gasteiger partial charge in [-0.1, -0.05) is 6.42 Å². The molecule has 8 heteroatoms. The quantitative estimate of drug-likeness (QED) is 0.622. The number of hydrogen-bond donors (Lipinski definition) is 0. The van der Waals surface area contributed by atoms with Crippen LogP contribution in [0, 0.1) is 0 Å². The molecule has 1 amide bonds. The van der Waals surface area contributed by atoms with Crippen LogP contribution in [0.4, 0.5) is 5.95 Å². The highest BCUT2D eigenvalue weighted by atomic mass is 16.5. The zero-order valence-electron chi connectivity index (χ0n) is 17.5. The summed E-state index contributed by atoms with van der Waals surface area (Å²) in [6, 6.07) is 0.812. The zero-order valence-corrected chi connectivity index (χ0v) is 17.5. The smallest absolute Gasteiger partial charge is 0.248 e. The number of fused-ring (bicyclic) bond motifs is 1. The summed E-state index contributed by atoms with van der Waals surface area (Å²) in [5.74, 6) is 0.883. The van der Waals surface area contributed by atoms with Crippen LogP contribution in [0.1, 0.15) is 30.5 Å². The van der Waals surface area contributed by atoms with Crippen molar-refractivity contribution >= 4 is 11.9 Å². The van der Waals surface area contributed by atoms with Crippen molar-refractivity contribution < 1.29 is 14.3 Å². The van der Waals surface area contributed by atoms with Gasteiger partial charge in [0.2, 0.25) is 11.9 Å². The summed E-state index contributed by atoms with van der Waals surface area (Å²) in [7, 11) is 1.63. The molecule has 1 saturated carbocycles. The molecule has 2 aliphatic heterocycles. The maximum atomic E-state index is 12.4. The van der Waals surface area contributed by atoms with Crippen molar-refractivity contribution in [2.24, 2.45) is 0 Å². The molecule has 1 aromatic rings. The fraction of sp³-hybridized carbons (Fsp3) is 0.762. The van der Waals surface area contributed by atoms with E-state index in [2.05, 4.69) is 14.8 Å². The maximum Gasteiger partial charge on any atom is 0.248 e. The molecule has 1 aromatic heterocycles. The van der Waals surface area contributed by atoms with E-state index in [-0.39, 0.29) is 12.5 Å². The van der Waals surface area contributed by atoms with Crippen molar-refractivity contribution in [1.29, 1.82) is 0 Å². The maximum absolute atomic E-state index is 12.4. The Hall–Kier alpha value is -1.77. The summed E-state index contributed by atoms with van der Waals surface area (Å²) in [6.07, 6.45) is 7.66. The predicted octanol–water partition coefficient (Wildman–Crippen LogP) is 0.741. The summed E-state index contributed by atoms with van der Waals surface area (Å²) in [5, 5.41) is 0. The van der Waals surface area contributed by atoms with Crippen LogP contribution >= 0.6 is 0 Å². The van der Waals surface area contributed by atoms with Gasteiger partial charge >= 0.3 is 0 Å². The topological polar surface area (TPSA) is 71.0 Å². The van der Waals surface area contributed by atoms with E-state index in [1.165, 1.54) is 19.3 Å². The zero-order chi connectivity index (χ0) is 20.1. The number of anilines is 1. The lowest BCUT2D eigenvalue weighted by molar-refractivity contribution is -0.136. The number of rotatable bonds is 7. The molecule has 4 rings (SSSR count). The minimum atomic E-state index is 0.0363. The average Bonchev–Trinajstić information content (AvgIpc) is 2.92. The molecule has 160 valence electrons. The Morgan fingerprint density at radius 2 is 1.90 bits per heavy atom. The van der Waals surface area contributed by atoms with Crippen molar-refractivity contribution in [1.82, 2.24) is 19.8 Å². The van der Waals surface area contributed by atoms with Gasteiger partial charge in [0.1, 0.15) is 6.61 Å². The normalized spacial score (nSPS) is 20.9. The molecule has 3 aliphatic rings. The molecule has 0 radical (unpaired) electrons. The van der Waals surface area contributed by atoms with Crippen LogP contribution in [0.2, 0.25) is 0 Å². The van der Waals surface area contributed by atoms with Crippen LogP contribution in [0.15, 0.2) is 6.20 Å². The van der Waals surface area contributed by atoms with Crippen LogP contribution in [0.25, 0.3) is 0 Å². The molecule has 3 heterocycles. The van der Waals surface area contributed by atoms with Gasteiger partial charge in [0.05, 0.1) is 18.9 Å². The van der Waals surface area contributed by atoms with Crippen LogP contribution in [-0.2, 0) is 27.1 Å². The largest absolute Gasteiger partial charge is 0.382 e. The Balaban J connectivity index is 1.30. The minimum Gasteiger partial charge on any atom is -0.382 e. The average molecular weight is 404 g/mol. The number of ether oxygens (including phenoxy) is 2. The van der Waals surface area contributed by atoms with Gasteiger partial charge < -0.3 is 19.3 Å². The highest BCUT2D eigenvalue weighted by Gasteiger charge is 2.29. The van der Waals surface area contributed by atoms with E-state index in [0.29, 0.717) is 26.3 Å². The number of carbonyl (C=O) groups is 1. The number of methoxy groups -OCH3 is 1. The van der Waals surface area contributed by atoms with E-state index < -0.39 is 0 Å². The molecule has 0 atom stereocenters. The molecule has 0 N–H and O–H groups in total. The van der Waals surface area contributed by atoms with Gasteiger partial charge in [-0.3, -0.25) is 9.69 Å². The van der Waals surface area contributed by atoms with Crippen LogP contribution < -0.4 is 4.90 Å². The van der Waals surface area contributed by atoms with E-state index in [4.69, 9.17) is 14.5 Å². The van der Waals surface area contributed by atoms with E-state index >= 15 is 0 Å². The van der Waals surface area contributed by atoms with Crippen LogP contribution in [0.5, 0.6) is 0 Å². The second-order valence-electron chi connectivity index (χ2n) is 8.18. The van der Waals surface area contributed by atoms with Gasteiger partial charge in [0.15, 0.2) is 0 Å². The summed E-state index contributed by atoms with van der Waals surface area (Å²) < 4.78 is 10.3. The monoisotopic (exact) mass is 403 g/mol. The van der Waals surface area contributed by atoms with E-state index in [1.807, 2.05) is 11.1 Å². The number of piperazine rings is 1. The Morgan fingerprint density at radius 1 is 1.10 bits per heavy atom. The first-order valence-corrected chi connectivity index (χ1v) is 10.9. The summed E-state index contributed by atoms with van der Waals surface area (Å²) >= 11 is 0. The van der Waals surface area contributed by atoms with Crippen molar-refractivity contribution in [3.8, 4) is 0 Å². The van der Waals surface area contributed by atoms with Gasteiger partial charge in [-0.15, -0.1) is 0 Å². The first-order chi connectivity index (χ1) is 14.2. The standard InChI is InChI=1S/C21H33N5O3/c1-28-13-14-29-16-20(27)25-7-5-17-15-22-21(23-19(17)6-8-25)26-11-9-24(10-12-26)18-3-2-4-18/h15,18H,2-14,16H2,1H3. The highest BCUT2D eigenvalue weighted by Crippen LogP contribution is 2.26. The van der Waals surface area contributed by atoms with Crippen molar-refractivity contribution in [2.75, 3.05) is 71.1 Å². The highest BCUT2D eigenvalue weighted by molar-refractivity contribution is 5.77. The molecule has 0 spiro atoms. The SMILES string of the molecule is COCCOCC(=O)N1CCc2cnc(N3CCN(C4CCC4)CC3)nc2CC1. The fourth-order valence-corrected chi connectivity index (χ4v) is 4.30. The third-order valence-electron chi connectivity index (χ3n) is 6.41. The van der Waals surface area contributed by atoms with E-state index in [0.717, 1.165) is 62.3 Å². The molecule has 0 bridgehead atoms.